The maximum atomic E-state index is 12.3. The predicted molar refractivity (Wildman–Crippen MR) is 115 cm³/mol. The maximum absolute atomic E-state index is 12.3. The van der Waals surface area contributed by atoms with Gasteiger partial charge in [-0.2, -0.15) is 0 Å². The van der Waals surface area contributed by atoms with Crippen molar-refractivity contribution in [2.45, 2.75) is 25.5 Å². The van der Waals surface area contributed by atoms with Crippen LogP contribution in [-0.2, 0) is 11.3 Å². The van der Waals surface area contributed by atoms with E-state index >= 15 is 0 Å². The van der Waals surface area contributed by atoms with Gasteiger partial charge in [0, 0.05) is 10.6 Å². The van der Waals surface area contributed by atoms with E-state index in [1.165, 1.54) is 11.8 Å². The molecule has 0 aliphatic carbocycles. The van der Waals surface area contributed by atoms with E-state index in [4.69, 9.17) is 4.42 Å². The van der Waals surface area contributed by atoms with Gasteiger partial charge in [-0.3, -0.25) is 9.36 Å². The van der Waals surface area contributed by atoms with E-state index < -0.39 is 0 Å². The molecule has 29 heavy (non-hydrogen) atoms. The predicted octanol–water partition coefficient (Wildman–Crippen LogP) is 4.61. The first-order valence-corrected chi connectivity index (χ1v) is 11.0. The molecule has 4 aromatic rings. The first kappa shape index (κ1) is 19.5. The molecule has 0 aliphatic rings. The summed E-state index contributed by atoms with van der Waals surface area (Å²) in [6.07, 6.45) is 1.64. The first-order valence-electron chi connectivity index (χ1n) is 9.10. The molecule has 0 spiro atoms. The van der Waals surface area contributed by atoms with Crippen molar-refractivity contribution in [3.63, 3.8) is 0 Å². The summed E-state index contributed by atoms with van der Waals surface area (Å²) in [4.78, 5) is 13.4. The Morgan fingerprint density at radius 2 is 2.10 bits per heavy atom. The molecular formula is C21H20N4O2S2. The van der Waals surface area contributed by atoms with Gasteiger partial charge >= 0.3 is 0 Å². The fourth-order valence-electron chi connectivity index (χ4n) is 2.93. The smallest absolute Gasteiger partial charge is 0.230 e. The Bertz CT molecular complexity index is 1120. The van der Waals surface area contributed by atoms with Crippen LogP contribution >= 0.6 is 23.1 Å². The number of nitrogens with zero attached hydrogens (tertiary/aromatic N) is 3. The highest BCUT2D eigenvalue weighted by molar-refractivity contribution is 7.99. The third kappa shape index (κ3) is 4.44. The molecule has 0 radical (unpaired) electrons. The minimum absolute atomic E-state index is 0.0387. The summed E-state index contributed by atoms with van der Waals surface area (Å²) in [5.74, 6) is 1.70. The zero-order valence-electron chi connectivity index (χ0n) is 16.1. The Morgan fingerprint density at radius 3 is 2.83 bits per heavy atom. The monoisotopic (exact) mass is 424 g/mol. The van der Waals surface area contributed by atoms with Crippen molar-refractivity contribution < 1.29 is 9.21 Å². The molecule has 1 amide bonds. The van der Waals surface area contributed by atoms with E-state index in [0.717, 1.165) is 27.5 Å². The Balaban J connectivity index is 1.57. The van der Waals surface area contributed by atoms with Gasteiger partial charge in [-0.15, -0.1) is 21.5 Å². The number of aryl methyl sites for hydroxylation is 2. The molecule has 0 saturated heterocycles. The van der Waals surface area contributed by atoms with Crippen LogP contribution in [0.4, 0.5) is 0 Å². The van der Waals surface area contributed by atoms with E-state index in [1.807, 2.05) is 60.2 Å². The molecule has 148 valence electrons. The third-order valence-electron chi connectivity index (χ3n) is 4.37. The van der Waals surface area contributed by atoms with Gasteiger partial charge in [0.25, 0.3) is 0 Å². The van der Waals surface area contributed by atoms with Crippen molar-refractivity contribution in [1.29, 1.82) is 0 Å². The highest BCUT2D eigenvalue weighted by Crippen LogP contribution is 2.30. The number of benzene rings is 1. The summed E-state index contributed by atoms with van der Waals surface area (Å²) >= 11 is 2.99. The van der Waals surface area contributed by atoms with Crippen LogP contribution in [0.1, 0.15) is 16.2 Å². The van der Waals surface area contributed by atoms with Crippen LogP contribution in [0.25, 0.3) is 17.1 Å². The largest absolute Gasteiger partial charge is 0.469 e. The summed E-state index contributed by atoms with van der Waals surface area (Å²) in [5, 5.41) is 14.4. The lowest BCUT2D eigenvalue weighted by Crippen LogP contribution is -2.24. The van der Waals surface area contributed by atoms with Crippen molar-refractivity contribution >= 4 is 29.0 Å². The molecule has 6 nitrogen and oxygen atoms in total. The van der Waals surface area contributed by atoms with Crippen LogP contribution in [0.3, 0.4) is 0 Å². The Hall–Kier alpha value is -2.84. The molecule has 0 atom stereocenters. The number of amides is 1. The highest BCUT2D eigenvalue weighted by atomic mass is 32.2. The molecule has 0 saturated carbocycles. The lowest BCUT2D eigenvalue weighted by Gasteiger charge is -2.11. The lowest BCUT2D eigenvalue weighted by molar-refractivity contribution is -0.118. The van der Waals surface area contributed by atoms with E-state index in [0.29, 0.717) is 17.5 Å². The van der Waals surface area contributed by atoms with Crippen molar-refractivity contribution in [1.82, 2.24) is 20.1 Å². The molecule has 0 bridgehead atoms. The van der Waals surface area contributed by atoms with Crippen LogP contribution in [0, 0.1) is 13.8 Å². The summed E-state index contributed by atoms with van der Waals surface area (Å²) in [6.45, 7) is 4.48. The van der Waals surface area contributed by atoms with Gasteiger partial charge in [0.15, 0.2) is 11.0 Å². The van der Waals surface area contributed by atoms with E-state index in [1.54, 1.807) is 17.6 Å². The Kier molecular flexibility index (Phi) is 5.82. The van der Waals surface area contributed by atoms with Crippen molar-refractivity contribution in [2.24, 2.45) is 0 Å². The first-order chi connectivity index (χ1) is 14.1. The SMILES string of the molecule is Cc1cccc(-n2c(SCC(=O)NCc3cccs3)nnc2-c2ccoc2C)c1. The van der Waals surface area contributed by atoms with Crippen molar-refractivity contribution in [3.8, 4) is 17.1 Å². The average Bonchev–Trinajstić information content (AvgIpc) is 3.45. The molecular weight excluding hydrogens is 404 g/mol. The van der Waals surface area contributed by atoms with Crippen LogP contribution in [0.15, 0.2) is 63.7 Å². The molecule has 8 heteroatoms. The van der Waals surface area contributed by atoms with Crippen LogP contribution in [0.5, 0.6) is 0 Å². The number of hydrogen-bond acceptors (Lipinski definition) is 6. The van der Waals surface area contributed by atoms with E-state index in [2.05, 4.69) is 21.6 Å². The van der Waals surface area contributed by atoms with Crippen molar-refractivity contribution in [3.05, 3.63) is 70.3 Å². The van der Waals surface area contributed by atoms with Gasteiger partial charge in [0.05, 0.1) is 24.1 Å². The number of thioether (sulfide) groups is 1. The minimum Gasteiger partial charge on any atom is -0.469 e. The standard InChI is InChI=1S/C21H20N4O2S2/c1-14-5-3-6-16(11-14)25-20(18-8-9-27-15(18)2)23-24-21(25)29-13-19(26)22-12-17-7-4-10-28-17/h3-11H,12-13H2,1-2H3,(H,22,26). The number of furan rings is 1. The normalized spacial score (nSPS) is 11.0. The number of rotatable bonds is 7. The van der Waals surface area contributed by atoms with Gasteiger partial charge in [-0.05, 0) is 49.1 Å². The van der Waals surface area contributed by atoms with Gasteiger partial charge in [-0.25, -0.2) is 0 Å². The van der Waals surface area contributed by atoms with Gasteiger partial charge in [0.1, 0.15) is 5.76 Å². The minimum atomic E-state index is -0.0387. The Morgan fingerprint density at radius 1 is 1.21 bits per heavy atom. The van der Waals surface area contributed by atoms with Gasteiger partial charge < -0.3 is 9.73 Å². The molecule has 0 aliphatic heterocycles. The molecule has 1 N–H and O–H groups in total. The van der Waals surface area contributed by atoms with Crippen LogP contribution in [-0.4, -0.2) is 26.4 Å². The zero-order valence-corrected chi connectivity index (χ0v) is 17.7. The average molecular weight is 425 g/mol. The zero-order chi connectivity index (χ0) is 20.2. The number of nitrogens with one attached hydrogen (secondary N) is 1. The second-order valence-electron chi connectivity index (χ2n) is 6.52. The van der Waals surface area contributed by atoms with E-state index in [-0.39, 0.29) is 11.7 Å². The van der Waals surface area contributed by atoms with E-state index in [9.17, 15) is 4.79 Å². The van der Waals surface area contributed by atoms with Crippen LogP contribution in [0.2, 0.25) is 0 Å². The highest BCUT2D eigenvalue weighted by Gasteiger charge is 2.19. The number of carbonyl (C=O) groups excluding carboxylic acids is 1. The third-order valence-corrected chi connectivity index (χ3v) is 6.17. The summed E-state index contributed by atoms with van der Waals surface area (Å²) in [5.41, 5.74) is 2.97. The number of carbonyl (C=O) groups is 1. The maximum Gasteiger partial charge on any atom is 0.230 e. The topological polar surface area (TPSA) is 73.0 Å². The number of thiophene rings is 1. The molecule has 1 aromatic carbocycles. The lowest BCUT2D eigenvalue weighted by atomic mass is 10.2. The molecule has 0 fully saturated rings. The van der Waals surface area contributed by atoms with Gasteiger partial charge in [0.2, 0.25) is 5.91 Å². The van der Waals surface area contributed by atoms with Crippen LogP contribution < -0.4 is 5.32 Å². The van der Waals surface area contributed by atoms with Crippen molar-refractivity contribution in [2.75, 3.05) is 5.75 Å². The number of aromatic nitrogens is 3. The second-order valence-corrected chi connectivity index (χ2v) is 8.49. The summed E-state index contributed by atoms with van der Waals surface area (Å²) in [7, 11) is 0. The summed E-state index contributed by atoms with van der Waals surface area (Å²) < 4.78 is 7.43. The molecule has 4 rings (SSSR count). The second kappa shape index (κ2) is 8.67. The van der Waals surface area contributed by atoms with Gasteiger partial charge in [-0.1, -0.05) is 30.0 Å². The quantitative estimate of drug-likeness (QED) is 0.439. The molecule has 0 unspecified atom stereocenters. The molecule has 3 aromatic heterocycles. The Labute approximate surface area is 177 Å². The molecule has 3 heterocycles. The summed E-state index contributed by atoms with van der Waals surface area (Å²) in [6, 6.07) is 14.0. The fourth-order valence-corrected chi connectivity index (χ4v) is 4.36. The number of hydrogen-bond donors (Lipinski definition) is 1. The fraction of sp³-hybridized carbons (Fsp3) is 0.190.